The zero-order valence-electron chi connectivity index (χ0n) is 17.1. The number of aromatic nitrogens is 2. The molecule has 0 saturated carbocycles. The van der Waals surface area contributed by atoms with Crippen LogP contribution in [0.3, 0.4) is 0 Å². The first-order chi connectivity index (χ1) is 15.3. The van der Waals surface area contributed by atoms with Crippen molar-refractivity contribution in [2.24, 2.45) is 0 Å². The van der Waals surface area contributed by atoms with Crippen LogP contribution in [0.4, 0.5) is 11.5 Å². The van der Waals surface area contributed by atoms with Gasteiger partial charge < -0.3 is 4.90 Å². The summed E-state index contributed by atoms with van der Waals surface area (Å²) in [6, 6.07) is 11.1. The van der Waals surface area contributed by atoms with Crippen LogP contribution in [0.5, 0.6) is 0 Å². The largest absolute Gasteiger partial charge is 0.354 e. The molecule has 2 aromatic heterocycles. The molecule has 1 saturated heterocycles. The highest BCUT2D eigenvalue weighted by Gasteiger charge is 2.30. The fourth-order valence-corrected chi connectivity index (χ4v) is 6.47. The Bertz CT molecular complexity index is 1240. The fourth-order valence-electron chi connectivity index (χ4n) is 3.41. The van der Waals surface area contributed by atoms with Gasteiger partial charge in [-0.2, -0.15) is 4.31 Å². The molecule has 1 aliphatic heterocycles. The number of nitro groups is 1. The number of sulfonamides is 1. The molecule has 0 N–H and O–H groups in total. The zero-order chi connectivity index (χ0) is 22.9. The summed E-state index contributed by atoms with van der Waals surface area (Å²) >= 11 is 6.96. The van der Waals surface area contributed by atoms with Crippen LogP contribution in [0, 0.1) is 10.1 Å². The summed E-state index contributed by atoms with van der Waals surface area (Å²) in [6.45, 7) is 3.62. The molecule has 32 heavy (non-hydrogen) atoms. The summed E-state index contributed by atoms with van der Waals surface area (Å²) < 4.78 is 27.8. The van der Waals surface area contributed by atoms with Crippen LogP contribution in [0.15, 0.2) is 46.7 Å². The maximum absolute atomic E-state index is 12.8. The molecule has 4 rings (SSSR count). The molecular formula is C20H20ClN5O4S2. The number of nitro benzene ring substituents is 1. The number of thiophene rings is 1. The van der Waals surface area contributed by atoms with Crippen LogP contribution >= 0.6 is 22.9 Å². The Hall–Kier alpha value is -2.60. The second-order valence-electron chi connectivity index (χ2n) is 7.15. The van der Waals surface area contributed by atoms with E-state index in [4.69, 9.17) is 11.6 Å². The third-order valence-corrected chi connectivity index (χ3v) is 8.77. The minimum atomic E-state index is -3.57. The van der Waals surface area contributed by atoms with Crippen molar-refractivity contribution in [1.29, 1.82) is 0 Å². The molecule has 0 spiro atoms. The summed E-state index contributed by atoms with van der Waals surface area (Å²) in [5.41, 5.74) is 1.53. The van der Waals surface area contributed by atoms with E-state index in [2.05, 4.69) is 9.97 Å². The summed E-state index contributed by atoms with van der Waals surface area (Å²) in [5.74, 6) is 1.19. The SMILES string of the molecule is CCc1cc(N2CCN(S(=O)(=O)c3ccc(Cl)s3)CC2)nc(-c2ccc([N+](=O)[O-])cc2)n1. The molecule has 0 atom stereocenters. The van der Waals surface area contributed by atoms with Gasteiger partial charge in [0.15, 0.2) is 5.82 Å². The van der Waals surface area contributed by atoms with Crippen LogP contribution in [0.25, 0.3) is 11.4 Å². The van der Waals surface area contributed by atoms with Gasteiger partial charge in [-0.05, 0) is 30.7 Å². The van der Waals surface area contributed by atoms with Gasteiger partial charge in [0.25, 0.3) is 15.7 Å². The molecule has 12 heteroatoms. The summed E-state index contributed by atoms with van der Waals surface area (Å²) in [4.78, 5) is 21.7. The van der Waals surface area contributed by atoms with Crippen molar-refractivity contribution in [2.75, 3.05) is 31.1 Å². The van der Waals surface area contributed by atoms with Gasteiger partial charge in [0.05, 0.1) is 9.26 Å². The summed E-state index contributed by atoms with van der Waals surface area (Å²) in [5, 5.41) is 10.9. The highest BCUT2D eigenvalue weighted by atomic mass is 35.5. The molecule has 0 radical (unpaired) electrons. The predicted molar refractivity (Wildman–Crippen MR) is 124 cm³/mol. The highest BCUT2D eigenvalue weighted by molar-refractivity contribution is 7.91. The Morgan fingerprint density at radius 3 is 2.34 bits per heavy atom. The van der Waals surface area contributed by atoms with Crippen molar-refractivity contribution in [1.82, 2.24) is 14.3 Å². The normalized spacial score (nSPS) is 15.1. The second-order valence-corrected chi connectivity index (χ2v) is 11.0. The summed E-state index contributed by atoms with van der Waals surface area (Å²) in [6.07, 6.45) is 0.697. The van der Waals surface area contributed by atoms with Gasteiger partial charge >= 0.3 is 0 Å². The van der Waals surface area contributed by atoms with Gasteiger partial charge in [-0.25, -0.2) is 18.4 Å². The molecule has 168 valence electrons. The molecule has 1 aromatic carbocycles. The first-order valence-corrected chi connectivity index (χ1v) is 12.5. The van der Waals surface area contributed by atoms with E-state index in [0.717, 1.165) is 17.0 Å². The Kier molecular flexibility index (Phi) is 6.42. The van der Waals surface area contributed by atoms with Crippen LogP contribution in [0.1, 0.15) is 12.6 Å². The van der Waals surface area contributed by atoms with E-state index in [0.29, 0.717) is 54.1 Å². The topological polar surface area (TPSA) is 110 Å². The molecule has 3 heterocycles. The quantitative estimate of drug-likeness (QED) is 0.379. The number of nitrogens with zero attached hydrogens (tertiary/aromatic N) is 5. The third-order valence-electron chi connectivity index (χ3n) is 5.17. The van der Waals surface area contributed by atoms with Gasteiger partial charge in [0.2, 0.25) is 0 Å². The summed E-state index contributed by atoms with van der Waals surface area (Å²) in [7, 11) is -3.57. The van der Waals surface area contributed by atoms with Crippen LogP contribution in [-0.2, 0) is 16.4 Å². The molecule has 0 bridgehead atoms. The molecule has 0 unspecified atom stereocenters. The minimum absolute atomic E-state index is 0.00461. The van der Waals surface area contributed by atoms with E-state index >= 15 is 0 Å². The van der Waals surface area contributed by atoms with E-state index in [1.54, 1.807) is 18.2 Å². The fraction of sp³-hybridized carbons (Fsp3) is 0.300. The third kappa shape index (κ3) is 4.60. The molecule has 1 aliphatic rings. The number of hydrogen-bond donors (Lipinski definition) is 0. The minimum Gasteiger partial charge on any atom is -0.354 e. The maximum Gasteiger partial charge on any atom is 0.269 e. The van der Waals surface area contributed by atoms with Crippen LogP contribution in [0.2, 0.25) is 4.34 Å². The highest BCUT2D eigenvalue weighted by Crippen LogP contribution is 2.29. The maximum atomic E-state index is 12.8. The number of piperazine rings is 1. The lowest BCUT2D eigenvalue weighted by Crippen LogP contribution is -2.48. The lowest BCUT2D eigenvalue weighted by atomic mass is 10.2. The second kappa shape index (κ2) is 9.10. The standard InChI is InChI=1S/C20H20ClN5O4S2/c1-2-15-13-18(23-20(22-15)14-3-5-16(6-4-14)26(27)28)24-9-11-25(12-10-24)32(29,30)19-8-7-17(21)31-19/h3-8,13H,2,9-12H2,1H3. The zero-order valence-corrected chi connectivity index (χ0v) is 19.5. The lowest BCUT2D eigenvalue weighted by molar-refractivity contribution is -0.384. The van der Waals surface area contributed by atoms with Crippen molar-refractivity contribution in [3.63, 3.8) is 0 Å². The number of rotatable bonds is 6. The number of hydrogen-bond acceptors (Lipinski definition) is 8. The number of benzene rings is 1. The van der Waals surface area contributed by atoms with E-state index in [1.165, 1.54) is 22.5 Å². The van der Waals surface area contributed by atoms with E-state index < -0.39 is 14.9 Å². The molecule has 3 aromatic rings. The Labute approximate surface area is 194 Å². The first kappa shape index (κ1) is 22.6. The van der Waals surface area contributed by atoms with Gasteiger partial charge in [-0.1, -0.05) is 18.5 Å². The average molecular weight is 494 g/mol. The van der Waals surface area contributed by atoms with Crippen molar-refractivity contribution >= 4 is 44.5 Å². The molecule has 1 fully saturated rings. The van der Waals surface area contributed by atoms with Crippen molar-refractivity contribution in [2.45, 2.75) is 17.6 Å². The van der Waals surface area contributed by atoms with Crippen LogP contribution < -0.4 is 4.90 Å². The van der Waals surface area contributed by atoms with Crippen molar-refractivity contribution in [3.8, 4) is 11.4 Å². The smallest absolute Gasteiger partial charge is 0.269 e. The number of anilines is 1. The van der Waals surface area contributed by atoms with Gasteiger partial charge in [0, 0.05) is 55.6 Å². The van der Waals surface area contributed by atoms with Gasteiger partial charge in [-0.3, -0.25) is 10.1 Å². The Balaban J connectivity index is 1.54. The van der Waals surface area contributed by atoms with Gasteiger partial charge in [0.1, 0.15) is 10.0 Å². The van der Waals surface area contributed by atoms with Crippen molar-refractivity contribution < 1.29 is 13.3 Å². The monoisotopic (exact) mass is 493 g/mol. The molecular weight excluding hydrogens is 474 g/mol. The van der Waals surface area contributed by atoms with E-state index in [1.807, 2.05) is 17.9 Å². The molecule has 9 nitrogen and oxygen atoms in total. The number of aryl methyl sites for hydroxylation is 1. The number of non-ortho nitro benzene ring substituents is 1. The Morgan fingerprint density at radius 1 is 1.09 bits per heavy atom. The van der Waals surface area contributed by atoms with Crippen LogP contribution in [-0.4, -0.2) is 53.8 Å². The van der Waals surface area contributed by atoms with Gasteiger partial charge in [-0.15, -0.1) is 11.3 Å². The predicted octanol–water partition coefficient (Wildman–Crippen LogP) is 3.84. The first-order valence-electron chi connectivity index (χ1n) is 9.91. The molecule has 0 amide bonds. The van der Waals surface area contributed by atoms with Crippen molar-refractivity contribution in [3.05, 3.63) is 62.6 Å². The average Bonchev–Trinajstić information content (AvgIpc) is 3.26. The Morgan fingerprint density at radius 2 is 1.78 bits per heavy atom. The lowest BCUT2D eigenvalue weighted by Gasteiger charge is -2.34. The number of halogens is 1. The molecule has 0 aliphatic carbocycles. The van der Waals surface area contributed by atoms with E-state index in [9.17, 15) is 18.5 Å². The van der Waals surface area contributed by atoms with E-state index in [-0.39, 0.29) is 9.90 Å².